The molecule has 0 N–H and O–H groups in total. The number of carbonyl (C=O) groups is 1. The van der Waals surface area contributed by atoms with E-state index < -0.39 is 11.1 Å². The Morgan fingerprint density at radius 1 is 1.09 bits per heavy atom. The maximum atomic E-state index is 13.3. The van der Waals surface area contributed by atoms with Gasteiger partial charge in [-0.15, -0.1) is 6.58 Å². The van der Waals surface area contributed by atoms with Crippen LogP contribution in [0.5, 0.6) is 0 Å². The van der Waals surface area contributed by atoms with E-state index in [1.165, 1.54) is 0 Å². The average Bonchev–Trinajstić information content (AvgIpc) is 3.22. The molecule has 2 aromatic heterocycles. The SMILES string of the molecule is C=CCN1C(=O)C(=c2sc3nc(=O)c(Cc4ccccc4)nn3c2=O)c2cc(Br)ccc21. The van der Waals surface area contributed by atoms with Gasteiger partial charge < -0.3 is 4.90 Å². The second kappa shape index (κ2) is 7.92. The predicted molar refractivity (Wildman–Crippen MR) is 127 cm³/mol. The smallest absolute Gasteiger partial charge is 0.296 e. The van der Waals surface area contributed by atoms with Crippen LogP contribution in [0.4, 0.5) is 5.69 Å². The van der Waals surface area contributed by atoms with Crippen molar-refractivity contribution in [1.29, 1.82) is 0 Å². The van der Waals surface area contributed by atoms with E-state index in [-0.39, 0.29) is 33.1 Å². The molecule has 0 unspecified atom stereocenters. The number of rotatable bonds is 4. The molecule has 3 heterocycles. The van der Waals surface area contributed by atoms with E-state index in [2.05, 4.69) is 32.6 Å². The quantitative estimate of drug-likeness (QED) is 0.396. The summed E-state index contributed by atoms with van der Waals surface area (Å²) in [4.78, 5) is 44.9. The highest BCUT2D eigenvalue weighted by molar-refractivity contribution is 9.10. The monoisotopic (exact) mass is 506 g/mol. The second-order valence-electron chi connectivity index (χ2n) is 7.20. The highest BCUT2D eigenvalue weighted by Crippen LogP contribution is 2.37. The third-order valence-corrected chi connectivity index (χ3v) is 6.68. The molecule has 0 saturated carbocycles. The minimum Gasteiger partial charge on any atom is -0.304 e. The molecule has 7 nitrogen and oxygen atoms in total. The van der Waals surface area contributed by atoms with Crippen LogP contribution < -0.4 is 20.6 Å². The zero-order valence-corrected chi connectivity index (χ0v) is 19.0. The number of hydrogen-bond acceptors (Lipinski definition) is 6. The summed E-state index contributed by atoms with van der Waals surface area (Å²) in [5.74, 6) is -0.297. The molecule has 4 aromatic rings. The van der Waals surface area contributed by atoms with Gasteiger partial charge in [-0.05, 0) is 23.8 Å². The number of carbonyl (C=O) groups excluding carboxylic acids is 1. The molecule has 0 bridgehead atoms. The Hall–Kier alpha value is -3.43. The van der Waals surface area contributed by atoms with Gasteiger partial charge in [0.2, 0.25) is 4.96 Å². The molecular formula is C23H15BrN4O3S. The van der Waals surface area contributed by atoms with Gasteiger partial charge in [0, 0.05) is 23.0 Å². The molecule has 9 heteroatoms. The molecule has 0 radical (unpaired) electrons. The van der Waals surface area contributed by atoms with Crippen LogP contribution in [0.25, 0.3) is 10.5 Å². The molecule has 1 aliphatic heterocycles. The molecule has 32 heavy (non-hydrogen) atoms. The summed E-state index contributed by atoms with van der Waals surface area (Å²) >= 11 is 4.43. The molecule has 5 rings (SSSR count). The van der Waals surface area contributed by atoms with Gasteiger partial charge in [0.15, 0.2) is 0 Å². The zero-order chi connectivity index (χ0) is 22.4. The number of amides is 1. The summed E-state index contributed by atoms with van der Waals surface area (Å²) in [5, 5.41) is 4.29. The lowest BCUT2D eigenvalue weighted by Gasteiger charge is -2.14. The maximum absolute atomic E-state index is 13.3. The zero-order valence-electron chi connectivity index (χ0n) is 16.6. The van der Waals surface area contributed by atoms with Gasteiger partial charge in [-0.1, -0.05) is 63.7 Å². The Bertz CT molecular complexity index is 1580. The van der Waals surface area contributed by atoms with Crippen LogP contribution in [0.15, 0.2) is 75.2 Å². The van der Waals surface area contributed by atoms with Crippen molar-refractivity contribution in [2.75, 3.05) is 11.4 Å². The second-order valence-corrected chi connectivity index (χ2v) is 9.09. The first kappa shape index (κ1) is 20.5. The molecule has 2 aromatic carbocycles. The lowest BCUT2D eigenvalue weighted by molar-refractivity contribution is -0.112. The van der Waals surface area contributed by atoms with Crippen LogP contribution in [0.3, 0.4) is 0 Å². The Balaban J connectivity index is 1.75. The number of fused-ring (bicyclic) bond motifs is 2. The van der Waals surface area contributed by atoms with Crippen molar-refractivity contribution < 1.29 is 4.79 Å². The summed E-state index contributed by atoms with van der Waals surface area (Å²) in [7, 11) is 0. The van der Waals surface area contributed by atoms with E-state index in [9.17, 15) is 14.4 Å². The van der Waals surface area contributed by atoms with E-state index >= 15 is 0 Å². The van der Waals surface area contributed by atoms with E-state index in [0.717, 1.165) is 25.9 Å². The molecule has 0 atom stereocenters. The third-order valence-electron chi connectivity index (χ3n) is 5.16. The fourth-order valence-electron chi connectivity index (χ4n) is 3.73. The van der Waals surface area contributed by atoms with Crippen LogP contribution in [0, 0.1) is 0 Å². The molecule has 158 valence electrons. The van der Waals surface area contributed by atoms with Crippen LogP contribution in [-0.4, -0.2) is 27.0 Å². The lowest BCUT2D eigenvalue weighted by Crippen LogP contribution is -2.33. The largest absolute Gasteiger partial charge is 0.304 e. The van der Waals surface area contributed by atoms with Crippen molar-refractivity contribution in [3.8, 4) is 0 Å². The highest BCUT2D eigenvalue weighted by Gasteiger charge is 2.34. The number of hydrogen-bond donors (Lipinski definition) is 0. The first-order valence-corrected chi connectivity index (χ1v) is 11.3. The van der Waals surface area contributed by atoms with Gasteiger partial charge in [-0.25, -0.2) is 0 Å². The topological polar surface area (TPSA) is 84.6 Å². The van der Waals surface area contributed by atoms with Gasteiger partial charge in [0.05, 0.1) is 11.3 Å². The molecule has 0 saturated heterocycles. The Kier molecular flexibility index (Phi) is 5.07. The van der Waals surface area contributed by atoms with Crippen molar-refractivity contribution in [2.45, 2.75) is 6.42 Å². The molecular weight excluding hydrogens is 492 g/mol. The predicted octanol–water partition coefficient (Wildman–Crippen LogP) is 2.32. The summed E-state index contributed by atoms with van der Waals surface area (Å²) in [6, 6.07) is 14.8. The molecule has 0 aliphatic carbocycles. The van der Waals surface area contributed by atoms with Crippen LogP contribution in [0.1, 0.15) is 16.8 Å². The minimum atomic E-state index is -0.485. The van der Waals surface area contributed by atoms with Gasteiger partial charge >= 0.3 is 0 Å². The van der Waals surface area contributed by atoms with Crippen molar-refractivity contribution in [2.24, 2.45) is 0 Å². The van der Waals surface area contributed by atoms with Crippen LogP contribution in [-0.2, 0) is 11.2 Å². The normalized spacial score (nSPS) is 14.8. The van der Waals surface area contributed by atoms with Crippen molar-refractivity contribution in [3.05, 3.63) is 108 Å². The fourth-order valence-corrected chi connectivity index (χ4v) is 5.08. The molecule has 1 aliphatic rings. The molecule has 0 fully saturated rings. The van der Waals surface area contributed by atoms with E-state index in [4.69, 9.17) is 0 Å². The van der Waals surface area contributed by atoms with Gasteiger partial charge in [0.1, 0.15) is 10.2 Å². The van der Waals surface area contributed by atoms with Crippen LogP contribution in [0.2, 0.25) is 0 Å². The van der Waals surface area contributed by atoms with Crippen molar-refractivity contribution in [1.82, 2.24) is 14.6 Å². The first-order chi connectivity index (χ1) is 15.5. The maximum Gasteiger partial charge on any atom is 0.296 e. The van der Waals surface area contributed by atoms with Gasteiger partial charge in [-0.2, -0.15) is 14.6 Å². The Labute approximate surface area is 194 Å². The highest BCUT2D eigenvalue weighted by atomic mass is 79.9. The van der Waals surface area contributed by atoms with Gasteiger partial charge in [0.25, 0.3) is 17.0 Å². The Morgan fingerprint density at radius 3 is 2.62 bits per heavy atom. The van der Waals surface area contributed by atoms with Crippen molar-refractivity contribution >= 4 is 49.4 Å². The molecule has 1 amide bonds. The summed E-state index contributed by atoms with van der Waals surface area (Å²) in [6.07, 6.45) is 1.89. The third kappa shape index (κ3) is 3.30. The van der Waals surface area contributed by atoms with E-state index in [1.54, 1.807) is 17.0 Å². The standard InChI is InChI=1S/C23H15BrN4O3S/c1-2-10-27-17-9-8-14(24)12-15(17)18(21(27)30)19-22(31)28-23(32-19)25-20(29)16(26-28)11-13-6-4-3-5-7-13/h2-9,12H,1,10-11H2. The number of aromatic nitrogens is 3. The van der Waals surface area contributed by atoms with Crippen molar-refractivity contribution in [3.63, 3.8) is 0 Å². The Morgan fingerprint density at radius 2 is 1.88 bits per heavy atom. The number of thiazole rings is 1. The number of benzene rings is 2. The summed E-state index contributed by atoms with van der Waals surface area (Å²) in [5.41, 5.74) is 1.73. The first-order valence-electron chi connectivity index (χ1n) is 9.71. The minimum absolute atomic E-state index is 0.158. The number of nitrogens with zero attached hydrogens (tertiary/aromatic N) is 4. The molecule has 0 spiro atoms. The fraction of sp³-hybridized carbons (Fsp3) is 0.0870. The average molecular weight is 507 g/mol. The summed E-state index contributed by atoms with van der Waals surface area (Å²) < 4.78 is 2.11. The number of halogens is 1. The van der Waals surface area contributed by atoms with E-state index in [1.807, 2.05) is 42.5 Å². The number of anilines is 1. The summed E-state index contributed by atoms with van der Waals surface area (Å²) in [6.45, 7) is 4.03. The van der Waals surface area contributed by atoms with Gasteiger partial charge in [-0.3, -0.25) is 14.4 Å². The lowest BCUT2D eigenvalue weighted by atomic mass is 10.1. The van der Waals surface area contributed by atoms with Crippen LogP contribution >= 0.6 is 27.3 Å². The van der Waals surface area contributed by atoms with E-state index in [0.29, 0.717) is 17.8 Å².